The predicted molar refractivity (Wildman–Crippen MR) is 81.3 cm³/mol. The first-order valence-electron chi connectivity index (χ1n) is 6.04. The molecule has 7 nitrogen and oxygen atoms in total. The number of hydrogen-bond acceptors (Lipinski definition) is 5. The van der Waals surface area contributed by atoms with Crippen molar-refractivity contribution in [1.29, 1.82) is 0 Å². The van der Waals surface area contributed by atoms with Crippen LogP contribution in [0.25, 0.3) is 0 Å². The Bertz CT molecular complexity index is 741. The number of nitrogens with zero attached hydrogens (tertiary/aromatic N) is 2. The van der Waals surface area contributed by atoms with Crippen molar-refractivity contribution in [2.75, 3.05) is 0 Å². The topological polar surface area (TPSA) is 105 Å². The Kier molecular flexibility index (Phi) is 4.70. The van der Waals surface area contributed by atoms with E-state index in [1.807, 2.05) is 0 Å². The molecular weight excluding hydrogens is 310 g/mol. The molecule has 2 aromatic rings. The molecule has 0 bridgehead atoms. The van der Waals surface area contributed by atoms with E-state index >= 15 is 0 Å². The maximum Gasteiger partial charge on any atom is 0.271 e. The summed E-state index contributed by atoms with van der Waals surface area (Å²) in [6.45, 7) is 0. The lowest BCUT2D eigenvalue weighted by Crippen LogP contribution is -2.17. The minimum Gasteiger partial charge on any atom is -0.507 e. The monoisotopic (exact) mass is 319 g/mol. The van der Waals surface area contributed by atoms with Crippen LogP contribution in [0.15, 0.2) is 47.6 Å². The summed E-state index contributed by atoms with van der Waals surface area (Å²) < 4.78 is 0. The standard InChI is InChI=1S/C14H10ClN3O4/c15-12-5-2-6-13(19)11(12)8-16-17-14(20)9-3-1-4-10(7-9)18(21)22/h1-8,19H,(H,17,20)/b16-8-. The van der Waals surface area contributed by atoms with Crippen LogP contribution in [-0.2, 0) is 0 Å². The van der Waals surface area contributed by atoms with Crippen molar-refractivity contribution in [2.45, 2.75) is 0 Å². The first kappa shape index (κ1) is 15.5. The minimum atomic E-state index is -0.619. The molecule has 1 amide bonds. The third-order valence-corrected chi connectivity index (χ3v) is 3.04. The molecule has 0 radical (unpaired) electrons. The van der Waals surface area contributed by atoms with Crippen molar-refractivity contribution in [1.82, 2.24) is 5.43 Å². The van der Waals surface area contributed by atoms with Crippen LogP contribution < -0.4 is 5.43 Å². The molecule has 0 spiro atoms. The van der Waals surface area contributed by atoms with Gasteiger partial charge in [0, 0.05) is 17.7 Å². The summed E-state index contributed by atoms with van der Waals surface area (Å²) in [6, 6.07) is 9.79. The lowest BCUT2D eigenvalue weighted by atomic mass is 10.2. The predicted octanol–water partition coefficient (Wildman–Crippen LogP) is 2.72. The Balaban J connectivity index is 2.11. The van der Waals surface area contributed by atoms with Crippen molar-refractivity contribution in [3.8, 4) is 5.75 Å². The third kappa shape index (κ3) is 3.58. The van der Waals surface area contributed by atoms with Gasteiger partial charge in [-0.2, -0.15) is 5.10 Å². The first-order chi connectivity index (χ1) is 10.5. The second-order valence-corrected chi connectivity index (χ2v) is 4.59. The number of carbonyl (C=O) groups excluding carboxylic acids is 1. The maximum absolute atomic E-state index is 11.8. The van der Waals surface area contributed by atoms with E-state index in [1.165, 1.54) is 30.5 Å². The zero-order chi connectivity index (χ0) is 16.1. The summed E-state index contributed by atoms with van der Waals surface area (Å²) in [4.78, 5) is 21.9. The minimum absolute atomic E-state index is 0.0825. The molecule has 0 unspecified atom stereocenters. The number of nitro groups is 1. The molecular formula is C14H10ClN3O4. The molecule has 2 aromatic carbocycles. The molecule has 2 rings (SSSR count). The van der Waals surface area contributed by atoms with E-state index in [2.05, 4.69) is 10.5 Å². The van der Waals surface area contributed by atoms with E-state index in [4.69, 9.17) is 11.6 Å². The average Bonchev–Trinajstić information content (AvgIpc) is 2.50. The number of non-ortho nitro benzene ring substituents is 1. The highest BCUT2D eigenvalue weighted by molar-refractivity contribution is 6.33. The van der Waals surface area contributed by atoms with Crippen LogP contribution in [0, 0.1) is 10.1 Å². The Morgan fingerprint density at radius 1 is 1.32 bits per heavy atom. The van der Waals surface area contributed by atoms with Crippen molar-refractivity contribution in [3.05, 3.63) is 68.7 Å². The molecule has 0 aliphatic heterocycles. The number of phenolic OH excluding ortho intramolecular Hbond substituents is 1. The van der Waals surface area contributed by atoms with Gasteiger partial charge in [0.2, 0.25) is 0 Å². The number of nitrogens with one attached hydrogen (secondary N) is 1. The van der Waals surface area contributed by atoms with Gasteiger partial charge in [-0.25, -0.2) is 5.43 Å². The van der Waals surface area contributed by atoms with Crippen molar-refractivity contribution in [2.24, 2.45) is 5.10 Å². The lowest BCUT2D eigenvalue weighted by Gasteiger charge is -2.02. The summed E-state index contributed by atoms with van der Waals surface area (Å²) in [6.07, 6.45) is 1.19. The summed E-state index contributed by atoms with van der Waals surface area (Å²) in [7, 11) is 0. The van der Waals surface area contributed by atoms with Crippen LogP contribution >= 0.6 is 11.6 Å². The molecule has 0 saturated carbocycles. The molecule has 0 fully saturated rings. The Hall–Kier alpha value is -2.93. The highest BCUT2D eigenvalue weighted by Gasteiger charge is 2.10. The number of halogens is 1. The number of aromatic hydroxyl groups is 1. The highest BCUT2D eigenvalue weighted by Crippen LogP contribution is 2.22. The van der Waals surface area contributed by atoms with Crippen molar-refractivity contribution >= 4 is 29.4 Å². The molecule has 22 heavy (non-hydrogen) atoms. The fourth-order valence-corrected chi connectivity index (χ4v) is 1.85. The van der Waals surface area contributed by atoms with E-state index in [-0.39, 0.29) is 27.6 Å². The van der Waals surface area contributed by atoms with Crippen LogP contribution in [-0.4, -0.2) is 22.2 Å². The van der Waals surface area contributed by atoms with Gasteiger partial charge in [0.05, 0.1) is 21.7 Å². The fraction of sp³-hybridized carbons (Fsp3) is 0. The molecule has 0 heterocycles. The molecule has 0 atom stereocenters. The number of hydrogen-bond donors (Lipinski definition) is 2. The van der Waals surface area contributed by atoms with Gasteiger partial charge in [0.25, 0.3) is 11.6 Å². The van der Waals surface area contributed by atoms with Crippen LogP contribution in [0.2, 0.25) is 5.02 Å². The number of amides is 1. The SMILES string of the molecule is O=C(N/N=C\c1c(O)cccc1Cl)c1cccc([N+](=O)[O-])c1. The normalized spacial score (nSPS) is 10.6. The van der Waals surface area contributed by atoms with Gasteiger partial charge in [-0.1, -0.05) is 23.7 Å². The van der Waals surface area contributed by atoms with E-state index in [0.29, 0.717) is 0 Å². The smallest absolute Gasteiger partial charge is 0.271 e. The third-order valence-electron chi connectivity index (χ3n) is 2.71. The number of carbonyl (C=O) groups is 1. The number of rotatable bonds is 4. The van der Waals surface area contributed by atoms with Crippen molar-refractivity contribution < 1.29 is 14.8 Å². The van der Waals surface area contributed by atoms with E-state index in [9.17, 15) is 20.0 Å². The summed E-state index contributed by atoms with van der Waals surface area (Å²) in [5.41, 5.74) is 2.36. The maximum atomic E-state index is 11.8. The number of hydrazone groups is 1. The average molecular weight is 320 g/mol. The molecule has 8 heteroatoms. The molecule has 0 aromatic heterocycles. The Morgan fingerprint density at radius 2 is 2.05 bits per heavy atom. The van der Waals surface area contributed by atoms with E-state index < -0.39 is 10.8 Å². The fourth-order valence-electron chi connectivity index (χ4n) is 1.63. The van der Waals surface area contributed by atoms with Crippen molar-refractivity contribution in [3.63, 3.8) is 0 Å². The van der Waals surface area contributed by atoms with Gasteiger partial charge in [-0.15, -0.1) is 0 Å². The van der Waals surface area contributed by atoms with Gasteiger partial charge < -0.3 is 5.11 Å². The van der Waals surface area contributed by atoms with E-state index in [1.54, 1.807) is 12.1 Å². The zero-order valence-corrected chi connectivity index (χ0v) is 11.8. The van der Waals surface area contributed by atoms with Crippen LogP contribution in [0.1, 0.15) is 15.9 Å². The van der Waals surface area contributed by atoms with Gasteiger partial charge in [0.15, 0.2) is 0 Å². The Labute approximate surface area is 130 Å². The highest BCUT2D eigenvalue weighted by atomic mass is 35.5. The molecule has 112 valence electrons. The zero-order valence-electron chi connectivity index (χ0n) is 11.1. The summed E-state index contributed by atoms with van der Waals surface area (Å²) in [5.74, 6) is -0.702. The Morgan fingerprint density at radius 3 is 2.73 bits per heavy atom. The lowest BCUT2D eigenvalue weighted by molar-refractivity contribution is -0.384. The second-order valence-electron chi connectivity index (χ2n) is 4.18. The molecule has 0 saturated heterocycles. The molecule has 0 aliphatic carbocycles. The van der Waals surface area contributed by atoms with Crippen LogP contribution in [0.3, 0.4) is 0 Å². The summed E-state index contributed by atoms with van der Waals surface area (Å²) in [5, 5.41) is 24.2. The van der Waals surface area contributed by atoms with Crippen LogP contribution in [0.4, 0.5) is 5.69 Å². The first-order valence-corrected chi connectivity index (χ1v) is 6.42. The number of phenols is 1. The largest absolute Gasteiger partial charge is 0.507 e. The number of benzene rings is 2. The quantitative estimate of drug-likeness (QED) is 0.513. The van der Waals surface area contributed by atoms with Gasteiger partial charge in [-0.3, -0.25) is 14.9 Å². The van der Waals surface area contributed by atoms with Crippen LogP contribution in [0.5, 0.6) is 5.75 Å². The van der Waals surface area contributed by atoms with E-state index in [0.717, 1.165) is 6.07 Å². The number of nitro benzene ring substituents is 1. The second kappa shape index (κ2) is 6.68. The molecule has 2 N–H and O–H groups in total. The van der Waals surface area contributed by atoms with Gasteiger partial charge >= 0.3 is 0 Å². The van der Waals surface area contributed by atoms with Gasteiger partial charge in [-0.05, 0) is 18.2 Å². The summed E-state index contributed by atoms with van der Waals surface area (Å²) >= 11 is 5.88. The van der Waals surface area contributed by atoms with Gasteiger partial charge in [0.1, 0.15) is 5.75 Å². The molecule has 0 aliphatic rings.